The van der Waals surface area contributed by atoms with Gasteiger partial charge in [-0.2, -0.15) is 0 Å². The van der Waals surface area contributed by atoms with Gasteiger partial charge >= 0.3 is 0 Å². The molecule has 7 nitrogen and oxygen atoms in total. The minimum atomic E-state index is -0.535. The van der Waals surface area contributed by atoms with Crippen molar-refractivity contribution in [2.24, 2.45) is 5.73 Å². The van der Waals surface area contributed by atoms with Gasteiger partial charge in [0, 0.05) is 12.4 Å². The van der Waals surface area contributed by atoms with E-state index < -0.39 is 11.9 Å². The van der Waals surface area contributed by atoms with Crippen LogP contribution in [-0.4, -0.2) is 39.4 Å². The van der Waals surface area contributed by atoms with Gasteiger partial charge in [0.2, 0.25) is 11.8 Å². The molecule has 94 valence electrons. The van der Waals surface area contributed by atoms with Crippen LogP contribution in [0.3, 0.4) is 0 Å². The quantitative estimate of drug-likeness (QED) is 0.520. The zero-order valence-electron chi connectivity index (χ0n) is 9.58. The molecule has 0 aromatic carbocycles. The Bertz CT molecular complexity index is 533. The van der Waals surface area contributed by atoms with Crippen molar-refractivity contribution in [3.8, 4) is 0 Å². The number of rotatable bonds is 2. The smallest absolute Gasteiger partial charge is 0.249 e. The highest BCUT2D eigenvalue weighted by atomic mass is 32.1. The summed E-state index contributed by atoms with van der Waals surface area (Å²) in [7, 11) is 0. The van der Waals surface area contributed by atoms with Crippen LogP contribution >= 0.6 is 12.2 Å². The van der Waals surface area contributed by atoms with E-state index in [1.807, 2.05) is 0 Å². The summed E-state index contributed by atoms with van der Waals surface area (Å²) in [5, 5.41) is 2.25. The first-order valence-electron chi connectivity index (χ1n) is 5.22. The molecule has 1 atom stereocenters. The molecule has 1 aromatic rings. The van der Waals surface area contributed by atoms with E-state index in [1.54, 1.807) is 6.92 Å². The Morgan fingerprint density at radius 3 is 2.83 bits per heavy atom. The van der Waals surface area contributed by atoms with Crippen LogP contribution in [0.2, 0.25) is 0 Å². The molecule has 0 spiro atoms. The molecule has 1 aliphatic heterocycles. The standard InChI is InChI=1S/C10H11N5O2S/c1-5-10(17)14-6(16)4-15(5)9-7(8(11)18)12-2-3-13-9/h2-3,5H,4H2,1H3,(H2,11,18)(H,14,16,17). The number of nitrogens with zero attached hydrogens (tertiary/aromatic N) is 3. The Morgan fingerprint density at radius 2 is 2.17 bits per heavy atom. The molecule has 1 fully saturated rings. The Balaban J connectivity index is 2.44. The third-order valence-electron chi connectivity index (χ3n) is 2.61. The second-order valence-corrected chi connectivity index (χ2v) is 4.25. The molecule has 8 heteroatoms. The average Bonchev–Trinajstić information content (AvgIpc) is 2.33. The van der Waals surface area contributed by atoms with Gasteiger partial charge in [-0.15, -0.1) is 0 Å². The Hall–Kier alpha value is -2.09. The first kappa shape index (κ1) is 12.4. The predicted molar refractivity (Wildman–Crippen MR) is 67.9 cm³/mol. The number of nitrogens with one attached hydrogen (secondary N) is 1. The van der Waals surface area contributed by atoms with Crippen molar-refractivity contribution in [2.45, 2.75) is 13.0 Å². The normalized spacial score (nSPS) is 19.6. The number of nitrogens with two attached hydrogens (primary N) is 1. The topological polar surface area (TPSA) is 101 Å². The maximum atomic E-state index is 11.6. The highest BCUT2D eigenvalue weighted by Gasteiger charge is 2.32. The molecule has 1 unspecified atom stereocenters. The lowest BCUT2D eigenvalue weighted by Gasteiger charge is -2.33. The number of carbonyl (C=O) groups excluding carboxylic acids is 2. The minimum absolute atomic E-state index is 0.0151. The molecule has 3 N–H and O–H groups in total. The molecule has 0 saturated carbocycles. The minimum Gasteiger partial charge on any atom is -0.388 e. The summed E-state index contributed by atoms with van der Waals surface area (Å²) in [6, 6.07) is -0.535. The molecule has 0 aliphatic carbocycles. The van der Waals surface area contributed by atoms with Gasteiger partial charge in [0.05, 0.1) is 6.54 Å². The van der Waals surface area contributed by atoms with Crippen LogP contribution in [0.5, 0.6) is 0 Å². The van der Waals surface area contributed by atoms with Crippen LogP contribution in [0.1, 0.15) is 12.6 Å². The summed E-state index contributed by atoms with van der Waals surface area (Å²) < 4.78 is 0. The van der Waals surface area contributed by atoms with Crippen LogP contribution in [0.25, 0.3) is 0 Å². The lowest BCUT2D eigenvalue weighted by atomic mass is 10.2. The maximum absolute atomic E-state index is 11.6. The fourth-order valence-electron chi connectivity index (χ4n) is 1.69. The van der Waals surface area contributed by atoms with Gasteiger partial charge in [-0.3, -0.25) is 14.9 Å². The molecule has 2 heterocycles. The predicted octanol–water partition coefficient (Wildman–Crippen LogP) is -1.04. The van der Waals surface area contributed by atoms with E-state index in [1.165, 1.54) is 17.3 Å². The van der Waals surface area contributed by atoms with E-state index in [0.29, 0.717) is 11.5 Å². The molecule has 0 radical (unpaired) electrons. The van der Waals surface area contributed by atoms with E-state index in [-0.39, 0.29) is 17.4 Å². The van der Waals surface area contributed by atoms with Crippen molar-refractivity contribution in [3.05, 3.63) is 18.1 Å². The van der Waals surface area contributed by atoms with Crippen LogP contribution in [0.4, 0.5) is 5.82 Å². The number of thiocarbonyl (C=S) groups is 1. The van der Waals surface area contributed by atoms with E-state index in [0.717, 1.165) is 0 Å². The van der Waals surface area contributed by atoms with Crippen LogP contribution < -0.4 is 16.0 Å². The lowest BCUT2D eigenvalue weighted by Crippen LogP contribution is -2.57. The SMILES string of the molecule is CC1C(=O)NC(=O)CN1c1nccnc1C(N)=S. The summed E-state index contributed by atoms with van der Waals surface area (Å²) in [5.41, 5.74) is 5.86. The molecule has 18 heavy (non-hydrogen) atoms. The van der Waals surface area contributed by atoms with E-state index >= 15 is 0 Å². The van der Waals surface area contributed by atoms with Crippen molar-refractivity contribution < 1.29 is 9.59 Å². The Kier molecular flexibility index (Phi) is 3.19. The lowest BCUT2D eigenvalue weighted by molar-refractivity contribution is -0.132. The highest BCUT2D eigenvalue weighted by molar-refractivity contribution is 7.80. The molecule has 1 aromatic heterocycles. The molecule has 1 aliphatic rings. The number of carbonyl (C=O) groups is 2. The third-order valence-corrected chi connectivity index (χ3v) is 2.80. The molecule has 2 amide bonds. The maximum Gasteiger partial charge on any atom is 0.249 e. The van der Waals surface area contributed by atoms with E-state index in [2.05, 4.69) is 15.3 Å². The van der Waals surface area contributed by atoms with Crippen molar-refractivity contribution in [2.75, 3.05) is 11.4 Å². The van der Waals surface area contributed by atoms with E-state index in [9.17, 15) is 9.59 Å². The van der Waals surface area contributed by atoms with Gasteiger partial charge in [-0.1, -0.05) is 12.2 Å². The fourth-order valence-corrected chi connectivity index (χ4v) is 1.83. The van der Waals surface area contributed by atoms with E-state index in [4.69, 9.17) is 18.0 Å². The van der Waals surface area contributed by atoms with Gasteiger partial charge in [-0.25, -0.2) is 9.97 Å². The van der Waals surface area contributed by atoms with Gasteiger partial charge in [-0.05, 0) is 6.92 Å². The zero-order chi connectivity index (χ0) is 13.3. The van der Waals surface area contributed by atoms with Crippen molar-refractivity contribution >= 4 is 34.8 Å². The number of anilines is 1. The summed E-state index contributed by atoms with van der Waals surface area (Å²) in [4.78, 5) is 32.7. The monoisotopic (exact) mass is 265 g/mol. The van der Waals surface area contributed by atoms with Crippen molar-refractivity contribution in [1.29, 1.82) is 0 Å². The summed E-state index contributed by atoms with van der Waals surface area (Å²) in [5.74, 6) is -0.427. The van der Waals surface area contributed by atoms with Gasteiger partial charge in [0.1, 0.15) is 16.7 Å². The number of amides is 2. The first-order valence-corrected chi connectivity index (χ1v) is 5.62. The fraction of sp³-hybridized carbons (Fsp3) is 0.300. The third kappa shape index (κ3) is 2.14. The second-order valence-electron chi connectivity index (χ2n) is 3.81. The molecule has 2 rings (SSSR count). The van der Waals surface area contributed by atoms with Crippen LogP contribution in [0.15, 0.2) is 12.4 Å². The molecular weight excluding hydrogens is 254 g/mol. The van der Waals surface area contributed by atoms with Gasteiger partial charge in [0.15, 0.2) is 5.82 Å². The summed E-state index contributed by atoms with van der Waals surface area (Å²) >= 11 is 4.88. The Labute approximate surface area is 108 Å². The van der Waals surface area contributed by atoms with Gasteiger partial charge in [0.25, 0.3) is 0 Å². The highest BCUT2D eigenvalue weighted by Crippen LogP contribution is 2.19. The largest absolute Gasteiger partial charge is 0.388 e. The first-order chi connectivity index (χ1) is 8.50. The number of aromatic nitrogens is 2. The molecule has 0 bridgehead atoms. The number of hydrogen-bond acceptors (Lipinski definition) is 6. The Morgan fingerprint density at radius 1 is 1.50 bits per heavy atom. The van der Waals surface area contributed by atoms with Crippen LogP contribution in [0, 0.1) is 0 Å². The summed E-state index contributed by atoms with van der Waals surface area (Å²) in [6.45, 7) is 1.68. The molecule has 1 saturated heterocycles. The average molecular weight is 265 g/mol. The second kappa shape index (κ2) is 4.65. The van der Waals surface area contributed by atoms with Crippen LogP contribution in [-0.2, 0) is 9.59 Å². The van der Waals surface area contributed by atoms with Crippen molar-refractivity contribution in [3.63, 3.8) is 0 Å². The molecular formula is C10H11N5O2S. The van der Waals surface area contributed by atoms with Gasteiger partial charge < -0.3 is 10.6 Å². The number of piperazine rings is 1. The zero-order valence-corrected chi connectivity index (χ0v) is 10.4. The van der Waals surface area contributed by atoms with Crippen molar-refractivity contribution in [1.82, 2.24) is 15.3 Å². The number of imide groups is 1. The summed E-state index contributed by atoms with van der Waals surface area (Å²) in [6.07, 6.45) is 2.91. The number of hydrogen-bond donors (Lipinski definition) is 2.